The minimum absolute atomic E-state index is 0. The van der Waals surface area contributed by atoms with Crippen molar-refractivity contribution in [2.75, 3.05) is 7.11 Å². The average molecular weight is 245 g/mol. The van der Waals surface area contributed by atoms with Crippen molar-refractivity contribution in [3.63, 3.8) is 0 Å². The largest absolute Gasteiger partial charge is 0.496 e. The summed E-state index contributed by atoms with van der Waals surface area (Å²) in [5.74, 6) is 0.475. The lowest BCUT2D eigenvalue weighted by atomic mass is 10.2. The van der Waals surface area contributed by atoms with Crippen LogP contribution in [0.2, 0.25) is 0 Å². The van der Waals surface area contributed by atoms with E-state index in [9.17, 15) is 4.39 Å². The monoisotopic (exact) mass is 244 g/mol. The zero-order valence-corrected chi connectivity index (χ0v) is 7.69. The molecule has 1 nitrogen and oxygen atoms in total. The third-order valence-electron chi connectivity index (χ3n) is 1.39. The third kappa shape index (κ3) is 2.92. The first kappa shape index (κ1) is 12.2. The van der Waals surface area contributed by atoms with E-state index in [0.29, 0.717) is 11.1 Å². The van der Waals surface area contributed by atoms with Crippen molar-refractivity contribution in [3.05, 3.63) is 29.6 Å². The molecule has 0 atom stereocenters. The normalized spacial score (nSPS) is 8.92. The molecule has 0 fully saturated rings. The van der Waals surface area contributed by atoms with E-state index in [0.717, 1.165) is 5.56 Å². The molecule has 0 spiro atoms. The van der Waals surface area contributed by atoms with Crippen molar-refractivity contribution in [3.8, 4) is 5.75 Å². The lowest BCUT2D eigenvalue weighted by molar-refractivity contribution is 0.410. The summed E-state index contributed by atoms with van der Waals surface area (Å²) in [7, 11) is 1.57. The summed E-state index contributed by atoms with van der Waals surface area (Å²) in [6.45, 7) is 0. The second-order valence-electron chi connectivity index (χ2n) is 2.09. The van der Waals surface area contributed by atoms with Crippen LogP contribution in [0.15, 0.2) is 18.2 Å². The molecule has 12 heavy (non-hydrogen) atoms. The van der Waals surface area contributed by atoms with Gasteiger partial charge in [-0.1, -0.05) is 15.9 Å². The quantitative estimate of drug-likeness (QED) is 0.570. The van der Waals surface area contributed by atoms with Gasteiger partial charge in [-0.3, -0.25) is 0 Å². The van der Waals surface area contributed by atoms with Crippen molar-refractivity contribution in [1.29, 1.82) is 0 Å². The van der Waals surface area contributed by atoms with Crippen LogP contribution in [0.1, 0.15) is 5.56 Å². The van der Waals surface area contributed by atoms with E-state index in [1.54, 1.807) is 13.2 Å². The molecule has 0 saturated carbocycles. The number of hydrogen-bond acceptors (Lipinski definition) is 1. The zero-order valence-electron chi connectivity index (χ0n) is 6.10. The molecular formula is C8H10BrFMgO. The second-order valence-corrected chi connectivity index (χ2v) is 2.65. The van der Waals surface area contributed by atoms with E-state index >= 15 is 0 Å². The Labute approximate surface area is 95.6 Å². The minimum atomic E-state index is -0.236. The molecule has 0 aliphatic carbocycles. The number of alkyl halides is 1. The van der Waals surface area contributed by atoms with Gasteiger partial charge in [-0.2, -0.15) is 0 Å². The van der Waals surface area contributed by atoms with Gasteiger partial charge in [-0.05, 0) is 18.2 Å². The van der Waals surface area contributed by atoms with E-state index in [1.807, 2.05) is 0 Å². The molecular weight excluding hydrogens is 235 g/mol. The summed E-state index contributed by atoms with van der Waals surface area (Å²) < 4.78 is 17.6. The van der Waals surface area contributed by atoms with E-state index in [-0.39, 0.29) is 28.9 Å². The van der Waals surface area contributed by atoms with Crippen LogP contribution in [-0.4, -0.2) is 30.2 Å². The highest BCUT2D eigenvalue weighted by molar-refractivity contribution is 9.08. The SMILES string of the molecule is COc1ccc(F)cc1CBr.[MgH2]. The summed E-state index contributed by atoms with van der Waals surface area (Å²) in [5, 5.41) is 0.605. The van der Waals surface area contributed by atoms with Gasteiger partial charge >= 0.3 is 23.1 Å². The summed E-state index contributed by atoms with van der Waals surface area (Å²) in [6, 6.07) is 4.45. The number of benzene rings is 1. The van der Waals surface area contributed by atoms with Gasteiger partial charge in [0.25, 0.3) is 0 Å². The van der Waals surface area contributed by atoms with Gasteiger partial charge in [0.1, 0.15) is 11.6 Å². The molecule has 0 unspecified atom stereocenters. The van der Waals surface area contributed by atoms with Crippen LogP contribution in [0.25, 0.3) is 0 Å². The van der Waals surface area contributed by atoms with E-state index in [1.165, 1.54) is 12.1 Å². The van der Waals surface area contributed by atoms with Gasteiger partial charge in [-0.25, -0.2) is 4.39 Å². The molecule has 1 aromatic carbocycles. The van der Waals surface area contributed by atoms with Crippen molar-refractivity contribution in [2.24, 2.45) is 0 Å². The van der Waals surface area contributed by atoms with Crippen LogP contribution in [-0.2, 0) is 5.33 Å². The molecule has 64 valence electrons. The molecule has 0 heterocycles. The maximum absolute atomic E-state index is 12.6. The van der Waals surface area contributed by atoms with Crippen LogP contribution in [0, 0.1) is 5.82 Å². The Bertz CT molecular complexity index is 255. The van der Waals surface area contributed by atoms with Gasteiger partial charge in [0.05, 0.1) is 7.11 Å². The van der Waals surface area contributed by atoms with Gasteiger partial charge in [0.15, 0.2) is 0 Å². The van der Waals surface area contributed by atoms with E-state index < -0.39 is 0 Å². The topological polar surface area (TPSA) is 9.23 Å². The number of halogens is 2. The van der Waals surface area contributed by atoms with Gasteiger partial charge < -0.3 is 4.74 Å². The second kappa shape index (κ2) is 5.78. The number of rotatable bonds is 2. The lowest BCUT2D eigenvalue weighted by Gasteiger charge is -2.04. The first-order valence-electron chi connectivity index (χ1n) is 3.16. The number of ether oxygens (including phenoxy) is 1. The molecule has 4 heteroatoms. The molecule has 0 aliphatic heterocycles. The van der Waals surface area contributed by atoms with Gasteiger partial charge in [0.2, 0.25) is 0 Å². The van der Waals surface area contributed by atoms with Crippen LogP contribution in [0.5, 0.6) is 5.75 Å². The van der Waals surface area contributed by atoms with Crippen LogP contribution < -0.4 is 4.74 Å². The molecule has 1 aromatic rings. The molecule has 0 aromatic heterocycles. The van der Waals surface area contributed by atoms with Crippen LogP contribution in [0.4, 0.5) is 4.39 Å². The van der Waals surface area contributed by atoms with Crippen LogP contribution >= 0.6 is 15.9 Å². The molecule has 1 rings (SSSR count). The Morgan fingerprint density at radius 3 is 2.67 bits per heavy atom. The molecule has 0 radical (unpaired) electrons. The Morgan fingerprint density at radius 2 is 2.17 bits per heavy atom. The predicted octanol–water partition coefficient (Wildman–Crippen LogP) is 1.81. The highest BCUT2D eigenvalue weighted by Crippen LogP contribution is 2.21. The molecule has 0 N–H and O–H groups in total. The van der Waals surface area contributed by atoms with E-state index in [2.05, 4.69) is 15.9 Å². The Kier molecular flexibility index (Phi) is 5.87. The Hall–Kier alpha value is 0.196. The summed E-state index contributed by atoms with van der Waals surface area (Å²) in [5.41, 5.74) is 0.826. The molecule has 0 aliphatic rings. The van der Waals surface area contributed by atoms with Crippen molar-refractivity contribution in [1.82, 2.24) is 0 Å². The standard InChI is InChI=1S/C8H8BrFO.Mg.2H/c1-11-8-3-2-7(10)4-6(8)5-9;;;/h2-4H,5H2,1H3;;;. The Morgan fingerprint density at radius 1 is 1.50 bits per heavy atom. The molecule has 0 amide bonds. The molecule has 0 saturated heterocycles. The summed E-state index contributed by atoms with van der Waals surface area (Å²) in [4.78, 5) is 0. The number of methoxy groups -OCH3 is 1. The van der Waals surface area contributed by atoms with Crippen molar-refractivity contribution < 1.29 is 9.13 Å². The van der Waals surface area contributed by atoms with Gasteiger partial charge in [0, 0.05) is 10.9 Å². The van der Waals surface area contributed by atoms with E-state index in [4.69, 9.17) is 4.74 Å². The number of hydrogen-bond donors (Lipinski definition) is 0. The summed E-state index contributed by atoms with van der Waals surface area (Å²) >= 11 is 3.24. The van der Waals surface area contributed by atoms with Crippen molar-refractivity contribution >= 4 is 39.0 Å². The maximum Gasteiger partial charge on any atom is 0.316 e. The Balaban J connectivity index is 0.00000121. The maximum atomic E-state index is 12.6. The minimum Gasteiger partial charge on any atom is -0.496 e. The first-order chi connectivity index (χ1) is 5.27. The van der Waals surface area contributed by atoms with Crippen molar-refractivity contribution in [2.45, 2.75) is 5.33 Å². The lowest BCUT2D eigenvalue weighted by Crippen LogP contribution is -1.89. The fraction of sp³-hybridized carbons (Fsp3) is 0.250. The fourth-order valence-corrected chi connectivity index (χ4v) is 1.29. The first-order valence-corrected chi connectivity index (χ1v) is 4.28. The highest BCUT2D eigenvalue weighted by atomic mass is 79.9. The van der Waals surface area contributed by atoms with Crippen LogP contribution in [0.3, 0.4) is 0 Å². The zero-order chi connectivity index (χ0) is 8.27. The molecule has 0 bridgehead atoms. The van der Waals surface area contributed by atoms with Gasteiger partial charge in [-0.15, -0.1) is 0 Å². The summed E-state index contributed by atoms with van der Waals surface area (Å²) in [6.07, 6.45) is 0. The highest BCUT2D eigenvalue weighted by Gasteiger charge is 2.01. The third-order valence-corrected chi connectivity index (χ3v) is 1.99. The average Bonchev–Trinajstić information content (AvgIpc) is 2.04. The predicted molar refractivity (Wildman–Crippen MR) is 54.1 cm³/mol. The fourth-order valence-electron chi connectivity index (χ4n) is 0.852. The smallest absolute Gasteiger partial charge is 0.316 e.